The Labute approximate surface area is 218 Å². The molecule has 1 aliphatic rings. The van der Waals surface area contributed by atoms with Gasteiger partial charge < -0.3 is 9.84 Å². The summed E-state index contributed by atoms with van der Waals surface area (Å²) in [6, 6.07) is 11.2. The van der Waals surface area contributed by atoms with Gasteiger partial charge in [-0.1, -0.05) is 29.8 Å². The van der Waals surface area contributed by atoms with Crippen LogP contribution in [-0.4, -0.2) is 21.5 Å². The fourth-order valence-corrected chi connectivity index (χ4v) is 7.24. The summed E-state index contributed by atoms with van der Waals surface area (Å²) in [5, 5.41) is 13.9. The van der Waals surface area contributed by atoms with Gasteiger partial charge in [0, 0.05) is 20.8 Å². The lowest BCUT2D eigenvalue weighted by atomic mass is 10.1. The molecule has 0 radical (unpaired) electrons. The monoisotopic (exact) mass is 542 g/mol. The van der Waals surface area contributed by atoms with Crippen LogP contribution in [0.1, 0.15) is 51.8 Å². The van der Waals surface area contributed by atoms with E-state index in [4.69, 9.17) is 16.3 Å². The zero-order chi connectivity index (χ0) is 24.7. The molecule has 4 aromatic rings. The summed E-state index contributed by atoms with van der Waals surface area (Å²) in [5.41, 5.74) is 1.22. The van der Waals surface area contributed by atoms with E-state index in [-0.39, 0.29) is 0 Å². The van der Waals surface area contributed by atoms with Crippen molar-refractivity contribution in [3.8, 4) is 11.8 Å². The molecule has 2 N–H and O–H groups in total. The molecule has 35 heavy (non-hydrogen) atoms. The summed E-state index contributed by atoms with van der Waals surface area (Å²) in [6.07, 6.45) is 0.261. The van der Waals surface area contributed by atoms with E-state index in [0.717, 1.165) is 24.7 Å². The molecule has 1 amide bonds. The lowest BCUT2D eigenvalue weighted by Gasteiger charge is -2.15. The summed E-state index contributed by atoms with van der Waals surface area (Å²) in [5.74, 6) is 5.52. The minimum absolute atomic E-state index is 0.523. The van der Waals surface area contributed by atoms with E-state index in [1.807, 2.05) is 30.3 Å². The van der Waals surface area contributed by atoms with Crippen LogP contribution in [0.2, 0.25) is 5.02 Å². The second kappa shape index (κ2) is 9.28. The number of nitrogens with zero attached hydrogens (tertiary/aromatic N) is 1. The van der Waals surface area contributed by atoms with Crippen molar-refractivity contribution in [2.75, 3.05) is 5.32 Å². The molecule has 1 atom stereocenters. The highest BCUT2D eigenvalue weighted by Crippen LogP contribution is 2.52. The van der Waals surface area contributed by atoms with Crippen molar-refractivity contribution in [2.45, 2.75) is 38.2 Å². The number of aromatic nitrogens is 1. The van der Waals surface area contributed by atoms with Crippen LogP contribution in [0.15, 0.2) is 36.4 Å². The predicted molar refractivity (Wildman–Crippen MR) is 141 cm³/mol. The van der Waals surface area contributed by atoms with Crippen molar-refractivity contribution in [3.05, 3.63) is 67.3 Å². The quantitative estimate of drug-likeness (QED) is 0.260. The fraction of sp³-hybridized carbons (Fsp3) is 0.240. The smallest absolute Gasteiger partial charge is 0.412 e. The molecular formula is C25H19ClN2O4S3. The number of hydrogen-bond donors (Lipinski definition) is 2. The van der Waals surface area contributed by atoms with Gasteiger partial charge in [-0.2, -0.15) is 4.37 Å². The number of anilines is 1. The normalized spacial score (nSPS) is 14.7. The number of benzene rings is 1. The largest absolute Gasteiger partial charge is 0.481 e. The third-order valence-electron chi connectivity index (χ3n) is 5.86. The van der Waals surface area contributed by atoms with Crippen LogP contribution in [0.4, 0.5) is 10.5 Å². The van der Waals surface area contributed by atoms with E-state index in [1.165, 1.54) is 34.2 Å². The Morgan fingerprint density at radius 2 is 2.00 bits per heavy atom. The molecule has 3 aromatic heterocycles. The first-order valence-corrected chi connectivity index (χ1v) is 13.5. The molecule has 0 bridgehead atoms. The van der Waals surface area contributed by atoms with Gasteiger partial charge in [-0.25, -0.2) is 4.79 Å². The molecule has 0 saturated heterocycles. The van der Waals surface area contributed by atoms with Gasteiger partial charge in [0.1, 0.15) is 16.4 Å². The second-order valence-electron chi connectivity index (χ2n) is 8.27. The molecule has 1 fully saturated rings. The average molecular weight is 543 g/mol. The SMILES string of the molecule is Cc1nsc(C#Cc2cc3cc(C4(C(=O)O)CC4)sc3s2)c1NC(=O)OC(C)c1ccccc1Cl. The Morgan fingerprint density at radius 1 is 1.23 bits per heavy atom. The number of fused-ring (bicyclic) bond motifs is 1. The van der Waals surface area contributed by atoms with Crippen LogP contribution >= 0.6 is 45.8 Å². The summed E-state index contributed by atoms with van der Waals surface area (Å²) in [4.78, 5) is 26.6. The molecule has 0 spiro atoms. The van der Waals surface area contributed by atoms with E-state index in [9.17, 15) is 14.7 Å². The molecule has 1 saturated carbocycles. The van der Waals surface area contributed by atoms with Gasteiger partial charge in [0.05, 0.1) is 20.3 Å². The Morgan fingerprint density at radius 3 is 2.69 bits per heavy atom. The molecule has 5 rings (SSSR count). The molecule has 0 aliphatic heterocycles. The molecule has 1 aromatic carbocycles. The number of aliphatic carboxylic acids is 1. The number of carboxylic acids is 1. The molecule has 178 valence electrons. The molecule has 6 nitrogen and oxygen atoms in total. The van der Waals surface area contributed by atoms with Crippen LogP contribution in [0, 0.1) is 18.8 Å². The molecule has 1 aliphatic carbocycles. The van der Waals surface area contributed by atoms with Crippen molar-refractivity contribution >= 4 is 73.0 Å². The lowest BCUT2D eigenvalue weighted by Crippen LogP contribution is -2.17. The summed E-state index contributed by atoms with van der Waals surface area (Å²) >= 11 is 10.5. The molecule has 1 unspecified atom stereocenters. The van der Waals surface area contributed by atoms with Crippen LogP contribution in [-0.2, 0) is 14.9 Å². The Balaban J connectivity index is 1.30. The van der Waals surface area contributed by atoms with Crippen molar-refractivity contribution in [3.63, 3.8) is 0 Å². The van der Waals surface area contributed by atoms with E-state index < -0.39 is 23.6 Å². The molecular weight excluding hydrogens is 524 g/mol. The topological polar surface area (TPSA) is 88.5 Å². The number of aryl methyl sites for hydroxylation is 1. The van der Waals surface area contributed by atoms with Gasteiger partial charge >= 0.3 is 12.1 Å². The Hall–Kier alpha value is -2.90. The minimum atomic E-state index is -0.744. The van der Waals surface area contributed by atoms with Crippen molar-refractivity contribution in [1.82, 2.24) is 4.37 Å². The third kappa shape index (κ3) is 4.67. The van der Waals surface area contributed by atoms with Gasteiger partial charge in [-0.05, 0) is 68.3 Å². The third-order valence-corrected chi connectivity index (χ3v) is 9.57. The maximum absolute atomic E-state index is 12.5. The minimum Gasteiger partial charge on any atom is -0.481 e. The van der Waals surface area contributed by atoms with Gasteiger partial charge in [-0.3, -0.25) is 10.1 Å². The maximum Gasteiger partial charge on any atom is 0.412 e. The summed E-state index contributed by atoms with van der Waals surface area (Å²) in [6.45, 7) is 3.56. The van der Waals surface area contributed by atoms with E-state index >= 15 is 0 Å². The van der Waals surface area contributed by atoms with Gasteiger partial charge in [0.15, 0.2) is 0 Å². The fourth-order valence-electron chi connectivity index (χ4n) is 3.71. The van der Waals surface area contributed by atoms with Crippen LogP contribution in [0.3, 0.4) is 0 Å². The summed E-state index contributed by atoms with van der Waals surface area (Å²) < 4.78 is 10.9. The Kier molecular flexibility index (Phi) is 6.32. The zero-order valence-electron chi connectivity index (χ0n) is 18.7. The first kappa shape index (κ1) is 23.8. The highest BCUT2D eigenvalue weighted by atomic mass is 35.5. The van der Waals surface area contributed by atoms with Crippen molar-refractivity contribution in [2.24, 2.45) is 0 Å². The lowest BCUT2D eigenvalue weighted by molar-refractivity contribution is -0.139. The van der Waals surface area contributed by atoms with Gasteiger partial charge in [0.2, 0.25) is 0 Å². The van der Waals surface area contributed by atoms with Crippen LogP contribution in [0.25, 0.3) is 9.40 Å². The number of carbonyl (C=O) groups excluding carboxylic acids is 1. The first-order valence-electron chi connectivity index (χ1n) is 10.7. The molecule has 3 heterocycles. The first-order chi connectivity index (χ1) is 16.8. The number of carboxylic acid groups (broad SMARTS) is 1. The number of carbonyl (C=O) groups is 2. The van der Waals surface area contributed by atoms with E-state index in [0.29, 0.717) is 34.1 Å². The number of halogens is 1. The summed E-state index contributed by atoms with van der Waals surface area (Å²) in [7, 11) is 0. The Bertz CT molecular complexity index is 1490. The predicted octanol–water partition coefficient (Wildman–Crippen LogP) is 7.21. The van der Waals surface area contributed by atoms with Crippen molar-refractivity contribution < 1.29 is 19.4 Å². The number of thiophene rings is 2. The van der Waals surface area contributed by atoms with Crippen molar-refractivity contribution in [1.29, 1.82) is 0 Å². The zero-order valence-corrected chi connectivity index (χ0v) is 21.9. The number of rotatable bonds is 5. The highest BCUT2D eigenvalue weighted by Gasteiger charge is 2.53. The van der Waals surface area contributed by atoms with Gasteiger partial charge in [-0.15, -0.1) is 22.7 Å². The number of ether oxygens (including phenoxy) is 1. The van der Waals surface area contributed by atoms with E-state index in [2.05, 4.69) is 21.5 Å². The highest BCUT2D eigenvalue weighted by molar-refractivity contribution is 7.38. The second-order valence-corrected chi connectivity index (χ2v) is 11.8. The number of amides is 1. The molecule has 10 heteroatoms. The average Bonchev–Trinajstić information content (AvgIpc) is 3.25. The maximum atomic E-state index is 12.5. The van der Waals surface area contributed by atoms with E-state index in [1.54, 1.807) is 19.9 Å². The number of nitrogens with one attached hydrogen (secondary N) is 1. The standard InChI is InChI=1S/C25H19ClN2O4S3/c1-13-21(27-24(31)32-14(2)17-5-3-4-6-18(17)26)19(35-28-13)8-7-16-11-15-12-20(34-22(15)33-16)25(9-10-25)23(29)30/h3-6,11-12,14H,9-10H2,1-2H3,(H,27,31)(H,29,30). The van der Waals surface area contributed by atoms with Crippen LogP contribution in [0.5, 0.6) is 0 Å². The van der Waals surface area contributed by atoms with Crippen LogP contribution < -0.4 is 5.32 Å². The van der Waals surface area contributed by atoms with Gasteiger partial charge in [0.25, 0.3) is 0 Å². The number of hydrogen-bond acceptors (Lipinski definition) is 7.